The van der Waals surface area contributed by atoms with E-state index in [9.17, 15) is 4.39 Å². The van der Waals surface area contributed by atoms with Crippen LogP contribution >= 0.6 is 0 Å². The van der Waals surface area contributed by atoms with Crippen LogP contribution in [0.5, 0.6) is 5.75 Å². The molecule has 0 unspecified atom stereocenters. The van der Waals surface area contributed by atoms with Crippen molar-refractivity contribution in [3.63, 3.8) is 0 Å². The second-order valence-corrected chi connectivity index (χ2v) is 3.70. The zero-order valence-electron chi connectivity index (χ0n) is 10.6. The van der Waals surface area contributed by atoms with Crippen LogP contribution in [-0.4, -0.2) is 28.9 Å². The number of ether oxygens (including phenoxy) is 2. The van der Waals surface area contributed by atoms with E-state index in [1.54, 1.807) is 6.07 Å². The molecule has 0 radical (unpaired) electrons. The molecule has 2 rings (SSSR count). The molecule has 5 N–H and O–H groups in total. The fourth-order valence-electron chi connectivity index (χ4n) is 1.41. The lowest BCUT2D eigenvalue weighted by atomic mass is 10.3. The summed E-state index contributed by atoms with van der Waals surface area (Å²) < 4.78 is 23.4. The number of hydrogen-bond acceptors (Lipinski definition) is 8. The van der Waals surface area contributed by atoms with Gasteiger partial charge in [0.25, 0.3) is 0 Å². The van der Waals surface area contributed by atoms with E-state index in [1.807, 2.05) is 0 Å². The number of nitrogens with two attached hydrogens (primary N) is 2. The lowest BCUT2D eigenvalue weighted by molar-refractivity contribution is 0.0483. The third-order valence-electron chi connectivity index (χ3n) is 2.19. The largest absolute Gasteiger partial charge is 0.464 e. The minimum Gasteiger partial charge on any atom is -0.464 e. The lowest BCUT2D eigenvalue weighted by Crippen LogP contribution is -2.07. The molecule has 0 aliphatic carbocycles. The first-order valence-electron chi connectivity index (χ1n) is 5.54. The number of nitrogens with one attached hydrogen (secondary N) is 1. The minimum atomic E-state index is -0.554. The summed E-state index contributed by atoms with van der Waals surface area (Å²) in [5.74, 6) is -0.407. The zero-order valence-corrected chi connectivity index (χ0v) is 10.6. The molecular weight excluding hydrogens is 267 g/mol. The van der Waals surface area contributed by atoms with Gasteiger partial charge in [0.15, 0.2) is 18.4 Å². The van der Waals surface area contributed by atoms with E-state index in [4.69, 9.17) is 20.9 Å². The monoisotopic (exact) mass is 280 g/mol. The van der Waals surface area contributed by atoms with Gasteiger partial charge >= 0.3 is 0 Å². The smallest absolute Gasteiger partial charge is 0.233 e. The van der Waals surface area contributed by atoms with E-state index < -0.39 is 5.82 Å². The highest BCUT2D eigenvalue weighted by Gasteiger charge is 2.07. The minimum absolute atomic E-state index is 0.0273. The number of methoxy groups -OCH3 is 1. The van der Waals surface area contributed by atoms with Gasteiger partial charge in [-0.1, -0.05) is 0 Å². The number of benzene rings is 1. The molecule has 0 aliphatic heterocycles. The van der Waals surface area contributed by atoms with Crippen molar-refractivity contribution >= 4 is 23.5 Å². The van der Waals surface area contributed by atoms with Gasteiger partial charge in [-0.2, -0.15) is 15.0 Å². The maximum Gasteiger partial charge on any atom is 0.233 e. The average molecular weight is 280 g/mol. The third-order valence-corrected chi connectivity index (χ3v) is 2.19. The van der Waals surface area contributed by atoms with Gasteiger partial charge in [0, 0.05) is 18.9 Å². The lowest BCUT2D eigenvalue weighted by Gasteiger charge is -2.09. The maximum atomic E-state index is 13.7. The summed E-state index contributed by atoms with van der Waals surface area (Å²) in [6.45, 7) is -0.0375. The van der Waals surface area contributed by atoms with E-state index in [-0.39, 0.29) is 30.4 Å². The van der Waals surface area contributed by atoms with E-state index in [0.717, 1.165) is 0 Å². The Balaban J connectivity index is 2.15. The maximum absolute atomic E-state index is 13.7. The summed E-state index contributed by atoms with van der Waals surface area (Å²) in [6.07, 6.45) is 0. The number of rotatable bonds is 5. The Kier molecular flexibility index (Phi) is 4.11. The molecule has 0 saturated carbocycles. The van der Waals surface area contributed by atoms with Crippen LogP contribution in [0.2, 0.25) is 0 Å². The van der Waals surface area contributed by atoms with E-state index in [2.05, 4.69) is 20.3 Å². The highest BCUT2D eigenvalue weighted by Crippen LogP contribution is 2.23. The number of halogens is 1. The first kappa shape index (κ1) is 13.7. The zero-order chi connectivity index (χ0) is 14.5. The number of nitrogens with zero attached hydrogens (tertiary/aromatic N) is 3. The fourth-order valence-corrected chi connectivity index (χ4v) is 1.41. The average Bonchev–Trinajstić information content (AvgIpc) is 2.36. The summed E-state index contributed by atoms with van der Waals surface area (Å²) in [7, 11) is 1.45. The Hall–Kier alpha value is -2.68. The van der Waals surface area contributed by atoms with Crippen molar-refractivity contribution < 1.29 is 13.9 Å². The van der Waals surface area contributed by atoms with Crippen molar-refractivity contribution in [2.45, 2.75) is 0 Å². The molecule has 20 heavy (non-hydrogen) atoms. The molecule has 8 nitrogen and oxygen atoms in total. The van der Waals surface area contributed by atoms with Gasteiger partial charge in [0.1, 0.15) is 0 Å². The Morgan fingerprint density at radius 2 is 1.90 bits per heavy atom. The molecule has 0 amide bonds. The topological polar surface area (TPSA) is 121 Å². The highest BCUT2D eigenvalue weighted by atomic mass is 19.1. The van der Waals surface area contributed by atoms with Crippen LogP contribution in [0, 0.1) is 5.82 Å². The normalized spacial score (nSPS) is 10.3. The van der Waals surface area contributed by atoms with Gasteiger partial charge in [-0.25, -0.2) is 4.39 Å². The standard InChI is InChI=1S/C11H13FN6O2/c1-19-5-20-8-3-2-6(4-7(8)12)15-11-17-9(13)16-10(14)18-11/h2-4H,5H2,1H3,(H5,13,14,15,16,17,18). The summed E-state index contributed by atoms with van der Waals surface area (Å²) in [5, 5.41) is 2.76. The number of nitrogen functional groups attached to an aromatic ring is 2. The van der Waals surface area contributed by atoms with Crippen LogP contribution in [0.3, 0.4) is 0 Å². The van der Waals surface area contributed by atoms with Crippen molar-refractivity contribution in [1.82, 2.24) is 15.0 Å². The van der Waals surface area contributed by atoms with Crippen molar-refractivity contribution in [2.24, 2.45) is 0 Å². The fraction of sp³-hybridized carbons (Fsp3) is 0.182. The van der Waals surface area contributed by atoms with Gasteiger partial charge in [-0.05, 0) is 12.1 Å². The van der Waals surface area contributed by atoms with Crippen LogP contribution < -0.4 is 21.5 Å². The molecule has 0 fully saturated rings. The second-order valence-electron chi connectivity index (χ2n) is 3.70. The third kappa shape index (κ3) is 3.42. The molecule has 0 aliphatic rings. The van der Waals surface area contributed by atoms with Crippen LogP contribution in [0.4, 0.5) is 27.9 Å². The van der Waals surface area contributed by atoms with E-state index >= 15 is 0 Å². The van der Waals surface area contributed by atoms with Crippen molar-refractivity contribution in [3.8, 4) is 5.75 Å². The molecule has 106 valence electrons. The molecule has 2 aromatic rings. The first-order chi connectivity index (χ1) is 9.58. The first-order valence-corrected chi connectivity index (χ1v) is 5.54. The van der Waals surface area contributed by atoms with Crippen molar-refractivity contribution in [3.05, 3.63) is 24.0 Å². The molecule has 0 bridgehead atoms. The molecule has 0 atom stereocenters. The predicted octanol–water partition coefficient (Wildman–Crippen LogP) is 0.901. The molecule has 1 aromatic heterocycles. The number of aromatic nitrogens is 3. The molecule has 0 spiro atoms. The summed E-state index contributed by atoms with van der Waals surface area (Å²) in [4.78, 5) is 11.3. The quantitative estimate of drug-likeness (QED) is 0.691. The van der Waals surface area contributed by atoms with Gasteiger partial charge in [0.2, 0.25) is 17.8 Å². The SMILES string of the molecule is COCOc1ccc(Nc2nc(N)nc(N)n2)cc1F. The summed E-state index contributed by atoms with van der Waals surface area (Å²) >= 11 is 0. The van der Waals surface area contributed by atoms with E-state index in [0.29, 0.717) is 5.69 Å². The van der Waals surface area contributed by atoms with Crippen LogP contribution in [0.15, 0.2) is 18.2 Å². The molecule has 9 heteroatoms. The molecule has 1 heterocycles. The highest BCUT2D eigenvalue weighted by molar-refractivity contribution is 5.56. The van der Waals surface area contributed by atoms with Gasteiger partial charge < -0.3 is 26.3 Å². The van der Waals surface area contributed by atoms with Crippen LogP contribution in [-0.2, 0) is 4.74 Å². The van der Waals surface area contributed by atoms with Crippen molar-refractivity contribution in [1.29, 1.82) is 0 Å². The van der Waals surface area contributed by atoms with Gasteiger partial charge in [0.05, 0.1) is 0 Å². The van der Waals surface area contributed by atoms with Crippen LogP contribution in [0.25, 0.3) is 0 Å². The summed E-state index contributed by atoms with van der Waals surface area (Å²) in [5.41, 5.74) is 11.3. The predicted molar refractivity (Wildman–Crippen MR) is 70.8 cm³/mol. The Morgan fingerprint density at radius 3 is 2.50 bits per heavy atom. The van der Waals surface area contributed by atoms with Crippen LogP contribution in [0.1, 0.15) is 0 Å². The van der Waals surface area contributed by atoms with E-state index in [1.165, 1.54) is 19.2 Å². The molecule has 0 saturated heterocycles. The Labute approximate surface area is 113 Å². The molecular formula is C11H13FN6O2. The number of hydrogen-bond donors (Lipinski definition) is 3. The summed E-state index contributed by atoms with van der Waals surface area (Å²) in [6, 6.07) is 4.26. The Morgan fingerprint density at radius 1 is 1.20 bits per heavy atom. The molecule has 1 aromatic carbocycles. The van der Waals surface area contributed by atoms with Crippen molar-refractivity contribution in [2.75, 3.05) is 30.7 Å². The second kappa shape index (κ2) is 5.97. The van der Waals surface area contributed by atoms with Gasteiger partial charge in [-0.15, -0.1) is 0 Å². The number of anilines is 4. The van der Waals surface area contributed by atoms with Gasteiger partial charge in [-0.3, -0.25) is 0 Å². The Bertz CT molecular complexity index is 589.